The van der Waals surface area contributed by atoms with E-state index in [1.54, 1.807) is 30.3 Å². The molecule has 0 amide bonds. The van der Waals surface area contributed by atoms with Gasteiger partial charge in [0.25, 0.3) is 0 Å². The van der Waals surface area contributed by atoms with Crippen LogP contribution in [0.5, 0.6) is 0 Å². The predicted molar refractivity (Wildman–Crippen MR) is 71.8 cm³/mol. The molecule has 0 saturated heterocycles. The second kappa shape index (κ2) is 6.55. The third-order valence-corrected chi connectivity index (χ3v) is 2.75. The van der Waals surface area contributed by atoms with Crippen molar-refractivity contribution in [3.8, 4) is 0 Å². The first-order chi connectivity index (χ1) is 8.52. The summed E-state index contributed by atoms with van der Waals surface area (Å²) in [5.41, 5.74) is 4.09. The van der Waals surface area contributed by atoms with Crippen LogP contribution in [0.25, 0.3) is 0 Å². The Balaban J connectivity index is 0.000000180. The smallest absolute Gasteiger partial charge is 0.335 e. The molecule has 0 aliphatic heterocycles. The molecular formula is C15H17NO2. The lowest BCUT2D eigenvalue weighted by molar-refractivity contribution is 0.0697. The summed E-state index contributed by atoms with van der Waals surface area (Å²) in [6.45, 7) is 6.23. The number of hydrogen-bond donors (Lipinski definition) is 1. The molecule has 1 aromatic carbocycles. The molecule has 0 spiro atoms. The first-order valence-electron chi connectivity index (χ1n) is 5.69. The molecule has 0 aliphatic rings. The minimum absolute atomic E-state index is 0.331. The van der Waals surface area contributed by atoms with Gasteiger partial charge in [0.2, 0.25) is 0 Å². The van der Waals surface area contributed by atoms with E-state index in [2.05, 4.69) is 18.8 Å². The van der Waals surface area contributed by atoms with Gasteiger partial charge in [-0.25, -0.2) is 4.79 Å². The molecule has 1 N–H and O–H groups in total. The Morgan fingerprint density at radius 2 is 1.67 bits per heavy atom. The fraction of sp³-hybridized carbons (Fsp3) is 0.200. The molecule has 0 saturated carbocycles. The highest BCUT2D eigenvalue weighted by Crippen LogP contribution is 2.06. The average Bonchev–Trinajstić information content (AvgIpc) is 2.38. The van der Waals surface area contributed by atoms with Gasteiger partial charge in [-0.15, -0.1) is 0 Å². The van der Waals surface area contributed by atoms with Crippen molar-refractivity contribution in [2.75, 3.05) is 0 Å². The van der Waals surface area contributed by atoms with E-state index in [1.165, 1.54) is 11.1 Å². The number of nitrogens with zero attached hydrogens (tertiary/aromatic N) is 1. The lowest BCUT2D eigenvalue weighted by Gasteiger charge is -1.99. The third-order valence-electron chi connectivity index (χ3n) is 2.75. The van der Waals surface area contributed by atoms with Crippen LogP contribution in [0.3, 0.4) is 0 Å². The minimum Gasteiger partial charge on any atom is -0.478 e. The quantitative estimate of drug-likeness (QED) is 0.835. The number of carboxylic acids is 1. The van der Waals surface area contributed by atoms with E-state index in [-0.39, 0.29) is 0 Å². The summed E-state index contributed by atoms with van der Waals surface area (Å²) in [6.07, 6.45) is 1.84. The molecule has 0 radical (unpaired) electrons. The SMILES string of the molecule is Cc1ccnc(C)c1C.O=C(O)c1ccccc1. The van der Waals surface area contributed by atoms with Crippen LogP contribution in [0.2, 0.25) is 0 Å². The van der Waals surface area contributed by atoms with Crippen LogP contribution in [0.15, 0.2) is 42.6 Å². The molecule has 0 atom stereocenters. The van der Waals surface area contributed by atoms with Crippen LogP contribution in [0.1, 0.15) is 27.2 Å². The van der Waals surface area contributed by atoms with Gasteiger partial charge in [0.05, 0.1) is 5.56 Å². The van der Waals surface area contributed by atoms with Gasteiger partial charge < -0.3 is 5.11 Å². The summed E-state index contributed by atoms with van der Waals surface area (Å²) in [5.74, 6) is -0.879. The number of carbonyl (C=O) groups is 1. The highest BCUT2D eigenvalue weighted by molar-refractivity contribution is 5.87. The number of benzene rings is 1. The molecule has 0 fully saturated rings. The van der Waals surface area contributed by atoms with Crippen LogP contribution < -0.4 is 0 Å². The first-order valence-corrected chi connectivity index (χ1v) is 5.69. The van der Waals surface area contributed by atoms with E-state index in [1.807, 2.05) is 19.2 Å². The standard InChI is InChI=1S/C8H11N.C7H6O2/c1-6-4-5-9-8(3)7(6)2;8-7(9)6-4-2-1-3-5-6/h4-5H,1-3H3;1-5H,(H,8,9). The summed E-state index contributed by atoms with van der Waals surface area (Å²) in [4.78, 5) is 14.3. The molecule has 94 valence electrons. The van der Waals surface area contributed by atoms with Crippen LogP contribution in [-0.4, -0.2) is 16.1 Å². The number of rotatable bonds is 1. The number of aromatic carboxylic acids is 1. The number of aryl methyl sites for hydroxylation is 2. The van der Waals surface area contributed by atoms with Crippen molar-refractivity contribution in [1.82, 2.24) is 4.98 Å². The van der Waals surface area contributed by atoms with Crippen molar-refractivity contribution in [2.45, 2.75) is 20.8 Å². The van der Waals surface area contributed by atoms with Crippen molar-refractivity contribution >= 4 is 5.97 Å². The Morgan fingerprint density at radius 1 is 1.06 bits per heavy atom. The van der Waals surface area contributed by atoms with Crippen molar-refractivity contribution in [3.63, 3.8) is 0 Å². The highest BCUT2D eigenvalue weighted by atomic mass is 16.4. The van der Waals surface area contributed by atoms with Gasteiger partial charge in [-0.1, -0.05) is 18.2 Å². The van der Waals surface area contributed by atoms with Crippen LogP contribution in [0.4, 0.5) is 0 Å². The lowest BCUT2D eigenvalue weighted by Crippen LogP contribution is -1.93. The topological polar surface area (TPSA) is 50.2 Å². The molecular weight excluding hydrogens is 226 g/mol. The lowest BCUT2D eigenvalue weighted by atomic mass is 10.1. The van der Waals surface area contributed by atoms with Gasteiger partial charge in [0.1, 0.15) is 0 Å². The van der Waals surface area contributed by atoms with Crippen molar-refractivity contribution in [3.05, 3.63) is 65.0 Å². The number of carboxylic acid groups (broad SMARTS) is 1. The molecule has 1 aromatic heterocycles. The van der Waals surface area contributed by atoms with Crippen LogP contribution >= 0.6 is 0 Å². The van der Waals surface area contributed by atoms with Crippen LogP contribution in [0, 0.1) is 20.8 Å². The fourth-order valence-electron chi connectivity index (χ4n) is 1.35. The fourth-order valence-corrected chi connectivity index (χ4v) is 1.35. The maximum absolute atomic E-state index is 10.2. The minimum atomic E-state index is -0.879. The molecule has 3 nitrogen and oxygen atoms in total. The Morgan fingerprint density at radius 3 is 2.06 bits per heavy atom. The normalized spacial score (nSPS) is 9.28. The van der Waals surface area contributed by atoms with Gasteiger partial charge in [-0.3, -0.25) is 4.98 Å². The van der Waals surface area contributed by atoms with Crippen molar-refractivity contribution < 1.29 is 9.90 Å². The maximum atomic E-state index is 10.2. The number of hydrogen-bond acceptors (Lipinski definition) is 2. The van der Waals surface area contributed by atoms with E-state index >= 15 is 0 Å². The van der Waals surface area contributed by atoms with Gasteiger partial charge in [0, 0.05) is 11.9 Å². The molecule has 3 heteroatoms. The largest absolute Gasteiger partial charge is 0.478 e. The zero-order valence-electron chi connectivity index (χ0n) is 10.8. The average molecular weight is 243 g/mol. The molecule has 2 aromatic rings. The second-order valence-electron chi connectivity index (χ2n) is 4.01. The summed E-state index contributed by atoms with van der Waals surface area (Å²) >= 11 is 0. The second-order valence-corrected chi connectivity index (χ2v) is 4.01. The summed E-state index contributed by atoms with van der Waals surface area (Å²) in [5, 5.41) is 8.38. The molecule has 2 rings (SSSR count). The maximum Gasteiger partial charge on any atom is 0.335 e. The van der Waals surface area contributed by atoms with E-state index in [9.17, 15) is 4.79 Å². The van der Waals surface area contributed by atoms with Gasteiger partial charge in [0.15, 0.2) is 0 Å². The van der Waals surface area contributed by atoms with E-state index in [0.29, 0.717) is 5.56 Å². The van der Waals surface area contributed by atoms with Gasteiger partial charge >= 0.3 is 5.97 Å². The molecule has 18 heavy (non-hydrogen) atoms. The predicted octanol–water partition coefficient (Wildman–Crippen LogP) is 3.39. The molecule has 1 heterocycles. The Bertz CT molecular complexity index is 501. The van der Waals surface area contributed by atoms with E-state index < -0.39 is 5.97 Å². The Hall–Kier alpha value is -2.16. The monoisotopic (exact) mass is 243 g/mol. The highest BCUT2D eigenvalue weighted by Gasteiger charge is 1.96. The summed E-state index contributed by atoms with van der Waals surface area (Å²) in [7, 11) is 0. The molecule has 0 unspecified atom stereocenters. The Kier molecular flexibility index (Phi) is 5.06. The summed E-state index contributed by atoms with van der Waals surface area (Å²) in [6, 6.07) is 10.3. The summed E-state index contributed by atoms with van der Waals surface area (Å²) < 4.78 is 0. The van der Waals surface area contributed by atoms with E-state index in [0.717, 1.165) is 5.69 Å². The molecule has 0 bridgehead atoms. The first kappa shape index (κ1) is 13.9. The molecule has 0 aliphatic carbocycles. The zero-order valence-corrected chi connectivity index (χ0v) is 10.8. The van der Waals surface area contributed by atoms with Gasteiger partial charge in [-0.2, -0.15) is 0 Å². The zero-order chi connectivity index (χ0) is 13.5. The van der Waals surface area contributed by atoms with E-state index in [4.69, 9.17) is 5.11 Å². The van der Waals surface area contributed by atoms with Crippen LogP contribution in [-0.2, 0) is 0 Å². The Labute approximate surface area is 107 Å². The van der Waals surface area contributed by atoms with Crippen molar-refractivity contribution in [2.24, 2.45) is 0 Å². The third kappa shape index (κ3) is 4.01. The number of aromatic nitrogens is 1. The van der Waals surface area contributed by atoms with Gasteiger partial charge in [-0.05, 0) is 50.1 Å². The van der Waals surface area contributed by atoms with Crippen molar-refractivity contribution in [1.29, 1.82) is 0 Å². The number of pyridine rings is 1.